The summed E-state index contributed by atoms with van der Waals surface area (Å²) in [6.45, 7) is 4.01. The summed E-state index contributed by atoms with van der Waals surface area (Å²) in [4.78, 5) is 28.6. The van der Waals surface area contributed by atoms with Crippen molar-refractivity contribution < 1.29 is 9.59 Å². The Bertz CT molecular complexity index is 685. The standard InChI is InChI=1S/C16H20N4O2S/c1-4-17-14(21)11(2)19-15(22)13-10-18-16(23-3)20(13)12-8-6-5-7-9-12/h5-11H,4H2,1-3H3,(H,17,21)(H,19,22). The lowest BCUT2D eigenvalue weighted by atomic mass is 10.2. The maximum Gasteiger partial charge on any atom is 0.270 e. The number of rotatable bonds is 6. The summed E-state index contributed by atoms with van der Waals surface area (Å²) >= 11 is 1.45. The topological polar surface area (TPSA) is 76.0 Å². The van der Waals surface area contributed by atoms with Gasteiger partial charge in [-0.25, -0.2) is 4.98 Å². The highest BCUT2D eigenvalue weighted by molar-refractivity contribution is 7.98. The van der Waals surface area contributed by atoms with E-state index >= 15 is 0 Å². The zero-order valence-corrected chi connectivity index (χ0v) is 14.2. The van der Waals surface area contributed by atoms with Crippen LogP contribution in [0.5, 0.6) is 0 Å². The van der Waals surface area contributed by atoms with Gasteiger partial charge in [0.15, 0.2) is 5.16 Å². The van der Waals surface area contributed by atoms with E-state index in [0.29, 0.717) is 17.4 Å². The average Bonchev–Trinajstić information content (AvgIpc) is 2.99. The zero-order chi connectivity index (χ0) is 16.8. The molecule has 0 saturated carbocycles. The zero-order valence-electron chi connectivity index (χ0n) is 13.4. The molecule has 0 aliphatic heterocycles. The van der Waals surface area contributed by atoms with Crippen molar-refractivity contribution >= 4 is 23.6 Å². The van der Waals surface area contributed by atoms with Gasteiger partial charge in [0.05, 0.1) is 6.20 Å². The first-order chi connectivity index (χ1) is 11.1. The van der Waals surface area contributed by atoms with Crippen molar-refractivity contribution in [2.24, 2.45) is 0 Å². The first-order valence-corrected chi connectivity index (χ1v) is 8.56. The van der Waals surface area contributed by atoms with Gasteiger partial charge in [0.1, 0.15) is 11.7 Å². The number of carbonyl (C=O) groups excluding carboxylic acids is 2. The highest BCUT2D eigenvalue weighted by atomic mass is 32.2. The Morgan fingerprint density at radius 2 is 2.00 bits per heavy atom. The molecular weight excluding hydrogens is 312 g/mol. The number of carbonyl (C=O) groups is 2. The van der Waals surface area contributed by atoms with E-state index in [4.69, 9.17) is 0 Å². The number of imidazole rings is 1. The maximum absolute atomic E-state index is 12.5. The van der Waals surface area contributed by atoms with Gasteiger partial charge in [0, 0.05) is 12.2 Å². The van der Waals surface area contributed by atoms with Gasteiger partial charge < -0.3 is 10.6 Å². The Labute approximate surface area is 139 Å². The molecule has 2 amide bonds. The summed E-state index contributed by atoms with van der Waals surface area (Å²) in [5, 5.41) is 6.11. The van der Waals surface area contributed by atoms with Crippen LogP contribution in [0.4, 0.5) is 0 Å². The first-order valence-electron chi connectivity index (χ1n) is 7.34. The monoisotopic (exact) mass is 332 g/mol. The normalized spacial score (nSPS) is 11.8. The van der Waals surface area contributed by atoms with Crippen molar-refractivity contribution in [2.75, 3.05) is 12.8 Å². The second-order valence-electron chi connectivity index (χ2n) is 4.89. The average molecular weight is 332 g/mol. The molecule has 0 radical (unpaired) electrons. The van der Waals surface area contributed by atoms with Crippen LogP contribution in [0.15, 0.2) is 41.7 Å². The quantitative estimate of drug-likeness (QED) is 0.792. The second kappa shape index (κ2) is 7.82. The molecule has 2 aromatic rings. The van der Waals surface area contributed by atoms with Gasteiger partial charge in [-0.15, -0.1) is 0 Å². The van der Waals surface area contributed by atoms with E-state index in [-0.39, 0.29) is 11.8 Å². The number of amides is 2. The molecule has 1 unspecified atom stereocenters. The fourth-order valence-electron chi connectivity index (χ4n) is 2.13. The van der Waals surface area contributed by atoms with Crippen molar-refractivity contribution in [1.29, 1.82) is 0 Å². The molecule has 7 heteroatoms. The molecule has 1 aromatic carbocycles. The van der Waals surface area contributed by atoms with Gasteiger partial charge in [0.2, 0.25) is 5.91 Å². The van der Waals surface area contributed by atoms with Gasteiger partial charge in [0.25, 0.3) is 5.91 Å². The van der Waals surface area contributed by atoms with Gasteiger partial charge in [-0.1, -0.05) is 30.0 Å². The van der Waals surface area contributed by atoms with E-state index in [1.807, 2.05) is 43.5 Å². The van der Waals surface area contributed by atoms with E-state index in [0.717, 1.165) is 5.69 Å². The summed E-state index contributed by atoms with van der Waals surface area (Å²) in [6, 6.07) is 8.92. The number of nitrogens with zero attached hydrogens (tertiary/aromatic N) is 2. The summed E-state index contributed by atoms with van der Waals surface area (Å²) < 4.78 is 1.78. The molecule has 0 spiro atoms. The SMILES string of the molecule is CCNC(=O)C(C)NC(=O)c1cnc(SC)n1-c1ccccc1. The first kappa shape index (κ1) is 17.1. The molecule has 23 heavy (non-hydrogen) atoms. The number of hydrogen-bond acceptors (Lipinski definition) is 4. The Morgan fingerprint density at radius 3 is 2.61 bits per heavy atom. The molecule has 0 saturated heterocycles. The third-order valence-corrected chi connectivity index (χ3v) is 3.90. The highest BCUT2D eigenvalue weighted by Crippen LogP contribution is 2.21. The number of hydrogen-bond donors (Lipinski definition) is 2. The van der Waals surface area contributed by atoms with Gasteiger partial charge in [-0.05, 0) is 32.2 Å². The predicted molar refractivity (Wildman–Crippen MR) is 91.0 cm³/mol. The summed E-state index contributed by atoms with van der Waals surface area (Å²) in [6.07, 6.45) is 3.43. The van der Waals surface area contributed by atoms with Crippen LogP contribution in [0.25, 0.3) is 5.69 Å². The molecule has 0 aliphatic rings. The van der Waals surface area contributed by atoms with Crippen molar-refractivity contribution in [3.05, 3.63) is 42.2 Å². The molecule has 2 N–H and O–H groups in total. The van der Waals surface area contributed by atoms with Crippen LogP contribution in [-0.2, 0) is 4.79 Å². The van der Waals surface area contributed by atoms with Crippen LogP contribution >= 0.6 is 11.8 Å². The van der Waals surface area contributed by atoms with E-state index < -0.39 is 6.04 Å². The van der Waals surface area contributed by atoms with E-state index in [1.165, 1.54) is 18.0 Å². The van der Waals surface area contributed by atoms with Crippen LogP contribution < -0.4 is 10.6 Å². The molecule has 1 atom stereocenters. The molecule has 0 fully saturated rings. The molecule has 2 rings (SSSR count). The molecule has 122 valence electrons. The van der Waals surface area contributed by atoms with Crippen molar-refractivity contribution in [2.45, 2.75) is 25.0 Å². The second-order valence-corrected chi connectivity index (χ2v) is 5.66. The fraction of sp³-hybridized carbons (Fsp3) is 0.312. The van der Waals surface area contributed by atoms with E-state index in [2.05, 4.69) is 15.6 Å². The number of thioether (sulfide) groups is 1. The molecule has 1 heterocycles. The lowest BCUT2D eigenvalue weighted by Gasteiger charge is -2.15. The van der Waals surface area contributed by atoms with Crippen LogP contribution in [0.3, 0.4) is 0 Å². The molecular formula is C16H20N4O2S. The highest BCUT2D eigenvalue weighted by Gasteiger charge is 2.21. The third kappa shape index (κ3) is 3.92. The minimum Gasteiger partial charge on any atom is -0.355 e. The summed E-state index contributed by atoms with van der Waals surface area (Å²) in [5.41, 5.74) is 1.25. The van der Waals surface area contributed by atoms with Crippen LogP contribution in [-0.4, -0.2) is 40.2 Å². The van der Waals surface area contributed by atoms with Crippen molar-refractivity contribution in [3.63, 3.8) is 0 Å². The number of aromatic nitrogens is 2. The lowest BCUT2D eigenvalue weighted by molar-refractivity contribution is -0.122. The molecule has 1 aromatic heterocycles. The Morgan fingerprint density at radius 1 is 1.30 bits per heavy atom. The number of benzene rings is 1. The number of likely N-dealkylation sites (N-methyl/N-ethyl adjacent to an activating group) is 1. The van der Waals surface area contributed by atoms with E-state index in [1.54, 1.807) is 11.5 Å². The number of nitrogens with one attached hydrogen (secondary N) is 2. The van der Waals surface area contributed by atoms with Crippen molar-refractivity contribution in [3.8, 4) is 5.69 Å². The largest absolute Gasteiger partial charge is 0.355 e. The molecule has 6 nitrogen and oxygen atoms in total. The minimum absolute atomic E-state index is 0.211. The molecule has 0 aliphatic carbocycles. The maximum atomic E-state index is 12.5. The van der Waals surface area contributed by atoms with Crippen LogP contribution in [0.1, 0.15) is 24.3 Å². The van der Waals surface area contributed by atoms with Gasteiger partial charge >= 0.3 is 0 Å². The summed E-state index contributed by atoms with van der Waals surface area (Å²) in [5.74, 6) is -0.544. The third-order valence-electron chi connectivity index (χ3n) is 3.25. The Hall–Kier alpha value is -2.28. The smallest absolute Gasteiger partial charge is 0.270 e. The lowest BCUT2D eigenvalue weighted by Crippen LogP contribution is -2.45. The molecule has 0 bridgehead atoms. The van der Waals surface area contributed by atoms with E-state index in [9.17, 15) is 9.59 Å². The predicted octanol–water partition coefficient (Wildman–Crippen LogP) is 1.85. The van der Waals surface area contributed by atoms with Gasteiger partial charge in [-0.2, -0.15) is 0 Å². The minimum atomic E-state index is -0.612. The summed E-state index contributed by atoms with van der Waals surface area (Å²) in [7, 11) is 0. The Kier molecular flexibility index (Phi) is 5.81. The fourth-order valence-corrected chi connectivity index (χ4v) is 2.67. The number of para-hydroxylation sites is 1. The van der Waals surface area contributed by atoms with Crippen molar-refractivity contribution in [1.82, 2.24) is 20.2 Å². The van der Waals surface area contributed by atoms with Crippen LogP contribution in [0, 0.1) is 0 Å². The Balaban J connectivity index is 2.28. The van der Waals surface area contributed by atoms with Gasteiger partial charge in [-0.3, -0.25) is 14.2 Å². The van der Waals surface area contributed by atoms with Crippen LogP contribution in [0.2, 0.25) is 0 Å².